The molecule has 554 valence electrons. The monoisotopic (exact) mass is 1490 g/mol. The predicted octanol–water partition coefficient (Wildman–Crippen LogP) is 21.5. The SMILES string of the molecule is C.C.CC(C)(C)OC(=O)N1CCC(B(O)O)CC1.CC(C)OC(=O)N1CCC(B(O)O)CC1.Cc1ccc(S(F)(F)(F)(F)F)cc1.Cc1cccc(S(F)(F)(F)(F)F)c1.FS(F)(F)(F)(F)c1ccc(C2CCNCC2)cc1.FS(F)(F)(F)(F)c1cccc(C2CCNCC2)c1. The lowest BCUT2D eigenvalue weighted by atomic mass is 9.68. The lowest BCUT2D eigenvalue weighted by Gasteiger charge is -2.41. The van der Waals surface area contributed by atoms with Crippen molar-refractivity contribution in [2.24, 2.45) is 0 Å². The Hall–Kier alpha value is -4.69. The molecule has 38 heteroatoms. The third-order valence-corrected chi connectivity index (χ3v) is 18.9. The fourth-order valence-electron chi connectivity index (χ4n) is 9.33. The van der Waals surface area contributed by atoms with Crippen LogP contribution >= 0.6 is 40.9 Å². The number of hydrogen-bond donors (Lipinski definition) is 6. The summed E-state index contributed by atoms with van der Waals surface area (Å²) in [4.78, 5) is 19.1. The van der Waals surface area contributed by atoms with E-state index in [2.05, 4.69) is 10.6 Å². The number of nitrogens with one attached hydrogen (secondary N) is 2. The van der Waals surface area contributed by atoms with E-state index in [9.17, 15) is 87.3 Å². The zero-order valence-electron chi connectivity index (χ0n) is 51.6. The Morgan fingerprint density at radius 2 is 0.779 bits per heavy atom. The highest BCUT2D eigenvalue weighted by Crippen LogP contribution is 3.04. The van der Waals surface area contributed by atoms with Gasteiger partial charge in [-0.05, 0) is 215 Å². The average Bonchev–Trinajstić information content (AvgIpc) is 0.753. The van der Waals surface area contributed by atoms with Crippen molar-refractivity contribution >= 4 is 67.3 Å². The quantitative estimate of drug-likeness (QED) is 0.0702. The van der Waals surface area contributed by atoms with Crippen LogP contribution in [0.2, 0.25) is 11.6 Å². The van der Waals surface area contributed by atoms with Crippen molar-refractivity contribution in [3.63, 3.8) is 0 Å². The van der Waals surface area contributed by atoms with Crippen LogP contribution in [0.15, 0.2) is 117 Å². The molecule has 4 heterocycles. The van der Waals surface area contributed by atoms with E-state index in [0.717, 1.165) is 50.2 Å². The first kappa shape index (κ1) is 88.3. The van der Waals surface area contributed by atoms with Gasteiger partial charge in [0, 0.05) is 26.2 Å². The van der Waals surface area contributed by atoms with Crippen LogP contribution in [-0.4, -0.2) is 120 Å². The molecule has 8 rings (SSSR count). The van der Waals surface area contributed by atoms with Gasteiger partial charge in [0.25, 0.3) is 0 Å². The molecule has 0 spiro atoms. The summed E-state index contributed by atoms with van der Waals surface area (Å²) in [5, 5.41) is 42.2. The molecule has 0 radical (unpaired) electrons. The first-order chi connectivity index (χ1) is 41.4. The number of carbonyl (C=O) groups is 2. The van der Waals surface area contributed by atoms with Crippen LogP contribution in [0.25, 0.3) is 0 Å². The van der Waals surface area contributed by atoms with Gasteiger partial charge in [0.15, 0.2) is 0 Å². The van der Waals surface area contributed by atoms with Crippen LogP contribution in [0.3, 0.4) is 0 Å². The molecule has 4 aliphatic rings. The van der Waals surface area contributed by atoms with Gasteiger partial charge in [-0.3, -0.25) is 0 Å². The van der Waals surface area contributed by atoms with Gasteiger partial charge in [0.2, 0.25) is 0 Å². The van der Waals surface area contributed by atoms with Crippen LogP contribution in [0.4, 0.5) is 87.3 Å². The molecule has 4 aromatic carbocycles. The van der Waals surface area contributed by atoms with Gasteiger partial charge < -0.3 is 50.0 Å². The summed E-state index contributed by atoms with van der Waals surface area (Å²) in [5.41, 5.74) is 1.23. The van der Waals surface area contributed by atoms with Gasteiger partial charge in [-0.2, -0.15) is 0 Å². The normalized spacial score (nSPS) is 19.2. The zero-order chi connectivity index (χ0) is 71.6. The Bertz CT molecular complexity index is 3110. The molecule has 4 aromatic rings. The highest BCUT2D eigenvalue weighted by molar-refractivity contribution is 8.46. The van der Waals surface area contributed by atoms with Gasteiger partial charge >= 0.3 is 67.3 Å². The second-order valence-electron chi connectivity index (χ2n) is 24.1. The standard InChI is InChI=1S/2C11H14F5NS.C10H20BNO4.C9H18BNO4.2C7H7F5S.2CH4/c12-18(13,14,15,16)11-3-1-9(2-4-11)10-5-7-17-8-6-10;12-18(13,14,15,16)11-3-1-2-10(8-11)9-4-6-17-7-5-9;1-10(2,3)16-9(13)12-6-4-8(5-7-12)11(14)15;1-7(2)15-9(12)11-5-3-8(4-6-11)10(13)14;1-6-2-4-7(5-3-6)13(8,9,10,11)12;1-6-3-2-4-7(5-6)13(8,9,10,11)12;;/h1-4,10,17H,5-8H2;1-3,8-9,17H,4-7H2;8,14-15H,4-7H2,1-3H3;7-8,13-14H,3-6H2,1-2H3;2*2-5H,1H3;2*1H4. The number of rotatable bonds is 9. The number of likely N-dealkylation sites (tertiary alicyclic amines) is 2. The van der Waals surface area contributed by atoms with Gasteiger partial charge in [-0.25, -0.2) is 9.59 Å². The maximum absolute atomic E-state index is 12.7. The number of halogens is 20. The molecule has 12 nitrogen and oxygen atoms in total. The van der Waals surface area contributed by atoms with Crippen molar-refractivity contribution in [2.75, 3.05) is 52.4 Å². The van der Waals surface area contributed by atoms with Crippen LogP contribution < -0.4 is 10.6 Å². The van der Waals surface area contributed by atoms with Crippen LogP contribution in [0, 0.1) is 13.8 Å². The third kappa shape index (κ3) is 32.7. The summed E-state index contributed by atoms with van der Waals surface area (Å²) >= 11 is 0. The molecule has 0 bridgehead atoms. The van der Waals surface area contributed by atoms with Gasteiger partial charge in [-0.15, -0.1) is 0 Å². The molecule has 0 aromatic heterocycles. The predicted molar refractivity (Wildman–Crippen MR) is 341 cm³/mol. The Balaban J connectivity index is 0.000000570. The Labute approximate surface area is 543 Å². The molecule has 0 aliphatic carbocycles. The summed E-state index contributed by atoms with van der Waals surface area (Å²) in [5.74, 6) is -0.170. The molecule has 4 aliphatic heterocycles. The molecule has 0 unspecified atom stereocenters. The number of hydrogen-bond acceptors (Lipinski definition) is 10. The smallest absolute Gasteiger partial charge is 0.447 e. The van der Waals surface area contributed by atoms with Gasteiger partial charge in [0.05, 0.1) is 6.10 Å². The Morgan fingerprint density at radius 1 is 0.453 bits per heavy atom. The molecular weight excluding hydrogens is 1400 g/mol. The van der Waals surface area contributed by atoms with E-state index in [-0.39, 0.29) is 62.2 Å². The minimum absolute atomic E-state index is 0. The van der Waals surface area contributed by atoms with Crippen molar-refractivity contribution in [1.29, 1.82) is 0 Å². The topological polar surface area (TPSA) is 164 Å². The summed E-state index contributed by atoms with van der Waals surface area (Å²) in [6, 6.07) is 12.9. The van der Waals surface area contributed by atoms with Crippen molar-refractivity contribution in [1.82, 2.24) is 20.4 Å². The number of carbonyl (C=O) groups excluding carboxylic acids is 2. The Morgan fingerprint density at radius 3 is 1.09 bits per heavy atom. The summed E-state index contributed by atoms with van der Waals surface area (Å²) in [6.07, 6.45) is 4.68. The van der Waals surface area contributed by atoms with E-state index in [1.807, 2.05) is 34.6 Å². The van der Waals surface area contributed by atoms with E-state index in [1.165, 1.54) is 38.1 Å². The van der Waals surface area contributed by atoms with E-state index < -0.39 is 80.3 Å². The fraction of sp³-hybridized carbons (Fsp3) is 0.544. The van der Waals surface area contributed by atoms with Crippen molar-refractivity contribution in [3.8, 4) is 0 Å². The number of ether oxygens (including phenoxy) is 2. The third-order valence-electron chi connectivity index (χ3n) is 14.3. The average molecular weight is 1490 g/mol. The van der Waals surface area contributed by atoms with E-state index in [1.54, 1.807) is 9.80 Å². The van der Waals surface area contributed by atoms with Crippen molar-refractivity contribution < 1.29 is 117 Å². The fourth-order valence-corrected chi connectivity index (χ4v) is 12.1. The van der Waals surface area contributed by atoms with E-state index >= 15 is 0 Å². The molecule has 2 amide bonds. The largest absolute Gasteiger partial charge is 0.454 e. The van der Waals surface area contributed by atoms with Crippen molar-refractivity contribution in [3.05, 3.63) is 119 Å². The maximum Gasteiger partial charge on any atom is 0.454 e. The number of amides is 2. The molecule has 0 atom stereocenters. The van der Waals surface area contributed by atoms with E-state index in [0.29, 0.717) is 143 Å². The lowest BCUT2D eigenvalue weighted by Crippen LogP contribution is -2.42. The minimum Gasteiger partial charge on any atom is -0.447 e. The molecule has 0 saturated carbocycles. The van der Waals surface area contributed by atoms with Crippen LogP contribution in [0.1, 0.15) is 135 Å². The van der Waals surface area contributed by atoms with Gasteiger partial charge in [0.1, 0.15) is 25.2 Å². The zero-order valence-corrected chi connectivity index (χ0v) is 54.9. The highest BCUT2D eigenvalue weighted by Gasteiger charge is 2.68. The lowest BCUT2D eigenvalue weighted by molar-refractivity contribution is 0.0210. The molecule has 6 N–H and O–H groups in total. The van der Waals surface area contributed by atoms with Crippen LogP contribution in [0.5, 0.6) is 0 Å². The first-order valence-electron chi connectivity index (χ1n) is 28.8. The van der Waals surface area contributed by atoms with E-state index in [4.69, 9.17) is 29.6 Å². The summed E-state index contributed by atoms with van der Waals surface area (Å²) in [6.45, 7) is 17.1. The summed E-state index contributed by atoms with van der Waals surface area (Å²) in [7, 11) is -40.5. The van der Waals surface area contributed by atoms with Crippen LogP contribution in [-0.2, 0) is 9.47 Å². The summed E-state index contributed by atoms with van der Waals surface area (Å²) < 4.78 is 257. The van der Waals surface area contributed by atoms with Crippen molar-refractivity contribution in [2.45, 2.75) is 169 Å². The number of benzene rings is 4. The maximum atomic E-state index is 12.7. The molecule has 4 fully saturated rings. The number of aryl methyl sites for hydroxylation is 2. The second kappa shape index (κ2) is 29.3. The second-order valence-corrected chi connectivity index (χ2v) is 33.7. The first-order valence-corrected chi connectivity index (χ1v) is 36.6. The highest BCUT2D eigenvalue weighted by atomic mass is 32.5. The molecule has 4 saturated heterocycles. The van der Waals surface area contributed by atoms with Gasteiger partial charge in [-0.1, -0.05) is 147 Å². The molecular formula is C57H88B2F20N4O8S4. The number of nitrogens with zero attached hydrogens (tertiary/aromatic N) is 2. The molecule has 95 heavy (non-hydrogen) atoms. The minimum atomic E-state index is -9.55. The number of piperidine rings is 4. The Kier molecular flexibility index (Phi) is 27.2.